The van der Waals surface area contributed by atoms with Crippen LogP contribution in [0.1, 0.15) is 87.0 Å². The van der Waals surface area contributed by atoms with Gasteiger partial charge in [-0.1, -0.05) is 197 Å². The molecule has 7 aromatic carbocycles. The van der Waals surface area contributed by atoms with Crippen LogP contribution in [0.4, 0.5) is 0 Å². The summed E-state index contributed by atoms with van der Waals surface area (Å²) < 4.78 is 40.8. The lowest BCUT2D eigenvalue weighted by molar-refractivity contribution is 0.296. The Labute approximate surface area is 369 Å². The number of rotatable bonds is 6. The molecule has 0 spiro atoms. The van der Waals surface area contributed by atoms with Crippen LogP contribution in [0.25, 0.3) is 37.3 Å². The summed E-state index contributed by atoms with van der Waals surface area (Å²) in [5.41, 5.74) is 7.42. The van der Waals surface area contributed by atoms with Crippen molar-refractivity contribution in [3.63, 3.8) is 0 Å². The second-order valence-electron chi connectivity index (χ2n) is 17.7. The van der Waals surface area contributed by atoms with Crippen LogP contribution in [0, 0.1) is 6.85 Å². The quantitative estimate of drug-likeness (QED) is 0.123. The van der Waals surface area contributed by atoms with E-state index in [2.05, 4.69) is 166 Å². The van der Waals surface area contributed by atoms with Crippen molar-refractivity contribution in [2.75, 3.05) is 0 Å². The molecule has 2 aromatic heterocycles. The van der Waals surface area contributed by atoms with Gasteiger partial charge in [0.2, 0.25) is 0 Å². The average molecular weight is 835 g/mol. The molecule has 0 saturated heterocycles. The van der Waals surface area contributed by atoms with E-state index in [1.54, 1.807) is 17.4 Å². The monoisotopic (exact) mass is 834 g/mol. The lowest BCUT2D eigenvalue weighted by Gasteiger charge is -2.43. The fourth-order valence-electron chi connectivity index (χ4n) is 10.5. The van der Waals surface area contributed by atoms with Crippen LogP contribution < -0.4 is 20.7 Å². The first-order chi connectivity index (χ1) is 30.7. The van der Waals surface area contributed by atoms with Crippen molar-refractivity contribution in [1.29, 1.82) is 0 Å². The van der Waals surface area contributed by atoms with Gasteiger partial charge in [0.15, 0.2) is 13.0 Å². The van der Waals surface area contributed by atoms with E-state index in [1.807, 2.05) is 30.0 Å². The minimum Gasteiger partial charge on any atom is -0.283 e. The zero-order valence-corrected chi connectivity index (χ0v) is 37.2. The van der Waals surface area contributed by atoms with Gasteiger partial charge in [-0.05, 0) is 109 Å². The number of thiazole rings is 1. The molecule has 1 fully saturated rings. The standard InChI is InChI=1S/C55H50N2S2Si/c1-36-31-34-46-51(56-53-57(46)45-27-15-17-29-48(45)59-53)50(36)42-35-40(32-33-41(42)37-19-12-13-20-37)60(38-21-8-6-9-22-38,39-23-10-7-11-24-39)49-30-18-26-44-52(49)58-47-28-16-14-25-43(47)54(2,3)55(44,4)5/h6-11,14-18,21-35,37H,12-13,19-20H2,1-5H3/i1D3,37D. The third kappa shape index (κ3) is 5.48. The van der Waals surface area contributed by atoms with Crippen molar-refractivity contribution in [3.05, 3.63) is 180 Å². The molecular weight excluding hydrogens is 781 g/mol. The molecule has 5 heteroatoms. The van der Waals surface area contributed by atoms with Crippen LogP contribution in [0.15, 0.2) is 168 Å². The molecule has 1 saturated carbocycles. The topological polar surface area (TPSA) is 17.3 Å². The summed E-state index contributed by atoms with van der Waals surface area (Å²) >= 11 is 3.52. The van der Waals surface area contributed by atoms with Gasteiger partial charge in [-0.25, -0.2) is 4.98 Å². The van der Waals surface area contributed by atoms with Crippen LogP contribution in [0.3, 0.4) is 0 Å². The zero-order valence-electron chi connectivity index (χ0n) is 38.6. The lowest BCUT2D eigenvalue weighted by Crippen LogP contribution is -2.75. The molecule has 3 heterocycles. The van der Waals surface area contributed by atoms with Crippen molar-refractivity contribution in [1.82, 2.24) is 9.38 Å². The second kappa shape index (κ2) is 14.2. The van der Waals surface area contributed by atoms with Gasteiger partial charge in [-0.15, -0.1) is 0 Å². The molecule has 9 aromatic rings. The van der Waals surface area contributed by atoms with Gasteiger partial charge in [-0.2, -0.15) is 0 Å². The summed E-state index contributed by atoms with van der Waals surface area (Å²) in [5, 5.41) is 4.94. The highest BCUT2D eigenvalue weighted by molar-refractivity contribution is 7.99. The minimum atomic E-state index is -3.31. The van der Waals surface area contributed by atoms with E-state index in [0.717, 1.165) is 49.8 Å². The highest BCUT2D eigenvalue weighted by atomic mass is 32.2. The molecule has 0 amide bonds. The molecule has 11 rings (SSSR count). The van der Waals surface area contributed by atoms with Crippen molar-refractivity contribution < 1.29 is 5.48 Å². The first-order valence-corrected chi connectivity index (χ1v) is 24.9. The Balaban J connectivity index is 1.30. The van der Waals surface area contributed by atoms with Crippen molar-refractivity contribution in [2.24, 2.45) is 0 Å². The third-order valence-electron chi connectivity index (χ3n) is 14.3. The summed E-state index contributed by atoms with van der Waals surface area (Å²) in [4.78, 5) is 8.74. The van der Waals surface area contributed by atoms with E-state index in [1.165, 1.54) is 36.5 Å². The fraction of sp³-hybridized carbons (Fsp3) is 0.218. The van der Waals surface area contributed by atoms with E-state index < -0.39 is 20.8 Å². The average Bonchev–Trinajstić information content (AvgIpc) is 4.00. The largest absolute Gasteiger partial charge is 0.283 e. The Morgan fingerprint density at radius 2 is 1.33 bits per heavy atom. The number of aromatic nitrogens is 2. The maximum Gasteiger partial charge on any atom is 0.195 e. The van der Waals surface area contributed by atoms with Gasteiger partial charge in [0.25, 0.3) is 0 Å². The molecule has 0 unspecified atom stereocenters. The minimum absolute atomic E-state index is 0.184. The Hall–Kier alpha value is -5.20. The van der Waals surface area contributed by atoms with Crippen LogP contribution in [0.5, 0.6) is 0 Å². The highest BCUT2D eigenvalue weighted by Gasteiger charge is 2.49. The summed E-state index contributed by atoms with van der Waals surface area (Å²) in [6, 6.07) is 57.0. The molecule has 0 bridgehead atoms. The molecule has 2 nitrogen and oxygen atoms in total. The van der Waals surface area contributed by atoms with Gasteiger partial charge in [0, 0.05) is 20.8 Å². The van der Waals surface area contributed by atoms with E-state index in [0.29, 0.717) is 23.9 Å². The summed E-state index contributed by atoms with van der Waals surface area (Å²) in [5.74, 6) is -0.880. The summed E-state index contributed by atoms with van der Waals surface area (Å²) in [6.07, 6.45) is 3.35. The van der Waals surface area contributed by atoms with E-state index in [4.69, 9.17) is 9.10 Å². The van der Waals surface area contributed by atoms with Gasteiger partial charge in [-0.3, -0.25) is 4.40 Å². The zero-order chi connectivity index (χ0) is 44.2. The van der Waals surface area contributed by atoms with Crippen LogP contribution in [-0.2, 0) is 10.8 Å². The summed E-state index contributed by atoms with van der Waals surface area (Å²) in [7, 11) is -3.31. The maximum absolute atomic E-state index is 10.2. The van der Waals surface area contributed by atoms with Crippen molar-refractivity contribution in [3.8, 4) is 11.1 Å². The SMILES string of the molecule is [2H]C([2H])([2H])c1ccc2c(nc3sc4ccccc4n32)c1-c1cc([Si](c2ccccc2)(c2ccccc2)c2cccc3c2Sc2ccccc2C(C)(C)C3(C)C)ccc1C1([2H])CCCC1. The highest BCUT2D eigenvalue weighted by Crippen LogP contribution is 2.53. The number of imidazole rings is 1. The Kier molecular flexibility index (Phi) is 7.92. The molecular formula is C55H50N2S2Si. The normalized spacial score (nSPS) is 18.0. The van der Waals surface area contributed by atoms with Gasteiger partial charge < -0.3 is 0 Å². The van der Waals surface area contributed by atoms with Gasteiger partial charge >= 0.3 is 0 Å². The van der Waals surface area contributed by atoms with Crippen molar-refractivity contribution >= 4 is 78.1 Å². The Morgan fingerprint density at radius 1 is 0.667 bits per heavy atom. The second-order valence-corrected chi connectivity index (χ2v) is 23.6. The molecule has 0 N–H and O–H groups in total. The number of benzene rings is 7. The molecule has 0 atom stereocenters. The maximum atomic E-state index is 10.2. The van der Waals surface area contributed by atoms with Crippen LogP contribution in [0.2, 0.25) is 0 Å². The Morgan fingerprint density at radius 3 is 2.08 bits per heavy atom. The number of hydrogen-bond acceptors (Lipinski definition) is 3. The molecule has 1 aliphatic heterocycles. The molecule has 0 radical (unpaired) electrons. The third-order valence-corrected chi connectivity index (χ3v) is 21.5. The van der Waals surface area contributed by atoms with E-state index in [9.17, 15) is 1.37 Å². The lowest BCUT2D eigenvalue weighted by atomic mass is 9.61. The predicted octanol–water partition coefficient (Wildman–Crippen LogP) is 12.4. The number of aryl methyl sites for hydroxylation is 1. The van der Waals surface area contributed by atoms with Gasteiger partial charge in [0.1, 0.15) is 0 Å². The summed E-state index contributed by atoms with van der Waals surface area (Å²) in [6.45, 7) is 7.16. The first-order valence-electron chi connectivity index (χ1n) is 23.3. The van der Waals surface area contributed by atoms with Crippen LogP contribution >= 0.6 is 23.1 Å². The number of para-hydroxylation sites is 1. The Bertz CT molecular complexity index is 3230. The molecule has 2 aliphatic rings. The number of fused-ring (bicyclic) bond motifs is 7. The first kappa shape index (κ1) is 33.5. The van der Waals surface area contributed by atoms with Crippen molar-refractivity contribution in [2.45, 2.75) is 86.7 Å². The molecule has 296 valence electrons. The number of hydrogen-bond donors (Lipinski definition) is 0. The van der Waals surface area contributed by atoms with E-state index in [-0.39, 0.29) is 16.4 Å². The molecule has 60 heavy (non-hydrogen) atoms. The predicted molar refractivity (Wildman–Crippen MR) is 260 cm³/mol. The number of nitrogens with zero attached hydrogens (tertiary/aromatic N) is 2. The van der Waals surface area contributed by atoms with E-state index >= 15 is 0 Å². The smallest absolute Gasteiger partial charge is 0.195 e. The van der Waals surface area contributed by atoms with Crippen LogP contribution in [-0.4, -0.2) is 17.5 Å². The van der Waals surface area contributed by atoms with Gasteiger partial charge in [0.05, 0.1) is 21.3 Å². The molecule has 1 aliphatic carbocycles. The fourth-order valence-corrected chi connectivity index (χ4v) is 18.4.